The van der Waals surface area contributed by atoms with Gasteiger partial charge >= 0.3 is 0 Å². The number of rotatable bonds is 5. The van der Waals surface area contributed by atoms with Crippen molar-refractivity contribution in [1.82, 2.24) is 0 Å². The maximum absolute atomic E-state index is 4.38. The van der Waals surface area contributed by atoms with E-state index >= 15 is 0 Å². The number of aliphatic imine (C=N–C) groups is 1. The Balaban J connectivity index is 0.00000162. The van der Waals surface area contributed by atoms with Crippen molar-refractivity contribution in [2.45, 2.75) is 24.7 Å². The summed E-state index contributed by atoms with van der Waals surface area (Å²) in [5, 5.41) is 4.39. The van der Waals surface area contributed by atoms with Crippen molar-refractivity contribution in [2.24, 2.45) is 4.99 Å². The van der Waals surface area contributed by atoms with Crippen LogP contribution in [0.5, 0.6) is 0 Å². The van der Waals surface area contributed by atoms with Crippen LogP contribution in [0.2, 0.25) is 0 Å². The van der Waals surface area contributed by atoms with E-state index in [1.165, 1.54) is 23.5 Å². The zero-order valence-electron chi connectivity index (χ0n) is 10.5. The largest absolute Gasteiger partial charge is 0.335 e. The highest BCUT2D eigenvalue weighted by Crippen LogP contribution is 2.22. The highest BCUT2D eigenvalue weighted by Gasteiger charge is 2.06. The molecule has 0 radical (unpaired) electrons. The number of hydrogen-bond donors (Lipinski definition) is 1. The zero-order valence-corrected chi connectivity index (χ0v) is 13.0. The molecule has 1 aliphatic rings. The summed E-state index contributed by atoms with van der Waals surface area (Å²) in [6, 6.07) is 8.64. The van der Waals surface area contributed by atoms with Crippen molar-refractivity contribution >= 4 is 46.8 Å². The van der Waals surface area contributed by atoms with E-state index in [0.717, 1.165) is 23.2 Å². The topological polar surface area (TPSA) is 24.4 Å². The molecule has 0 unspecified atom stereocenters. The van der Waals surface area contributed by atoms with Gasteiger partial charge in [-0.3, -0.25) is 4.99 Å². The second-order valence-electron chi connectivity index (χ2n) is 3.89. The molecule has 0 spiro atoms. The van der Waals surface area contributed by atoms with E-state index in [4.69, 9.17) is 0 Å². The molecule has 0 fully saturated rings. The fourth-order valence-corrected chi connectivity index (χ4v) is 3.25. The van der Waals surface area contributed by atoms with Gasteiger partial charge in [-0.05, 0) is 36.4 Å². The molecule has 0 amide bonds. The molecule has 1 aliphatic heterocycles. The summed E-state index contributed by atoms with van der Waals surface area (Å²) in [6.45, 7) is 3.17. The Morgan fingerprint density at radius 3 is 2.72 bits per heavy atom. The van der Waals surface area contributed by atoms with E-state index in [9.17, 15) is 0 Å². The quantitative estimate of drug-likeness (QED) is 0.639. The van der Waals surface area contributed by atoms with Gasteiger partial charge in [0.15, 0.2) is 5.17 Å². The highest BCUT2D eigenvalue weighted by molar-refractivity contribution is 8.14. The third-order valence-corrected chi connectivity index (χ3v) is 4.45. The molecule has 0 aliphatic carbocycles. The molecule has 0 saturated heterocycles. The molecule has 18 heavy (non-hydrogen) atoms. The van der Waals surface area contributed by atoms with Crippen LogP contribution in [-0.4, -0.2) is 23.2 Å². The van der Waals surface area contributed by atoms with Gasteiger partial charge in [-0.2, -0.15) is 0 Å². The number of nitrogens with one attached hydrogen (secondary N) is 1. The number of amidine groups is 1. The van der Waals surface area contributed by atoms with Gasteiger partial charge in [-0.15, -0.1) is 24.2 Å². The fraction of sp³-hybridized carbons (Fsp3) is 0.462. The van der Waals surface area contributed by atoms with Gasteiger partial charge in [0.25, 0.3) is 0 Å². The van der Waals surface area contributed by atoms with Gasteiger partial charge in [0.05, 0.1) is 6.54 Å². The highest BCUT2D eigenvalue weighted by atomic mass is 35.5. The fourth-order valence-electron chi connectivity index (χ4n) is 1.50. The van der Waals surface area contributed by atoms with E-state index in [1.807, 2.05) is 11.8 Å². The van der Waals surface area contributed by atoms with Crippen LogP contribution in [0.3, 0.4) is 0 Å². The van der Waals surface area contributed by atoms with Crippen LogP contribution in [0, 0.1) is 0 Å². The molecule has 100 valence electrons. The minimum atomic E-state index is 0. The minimum Gasteiger partial charge on any atom is -0.335 e. The van der Waals surface area contributed by atoms with Crippen LogP contribution in [0.15, 0.2) is 34.2 Å². The smallest absolute Gasteiger partial charge is 0.161 e. The van der Waals surface area contributed by atoms with Crippen LogP contribution in [-0.2, 0) is 0 Å². The molecule has 0 aromatic heterocycles. The molecule has 0 bridgehead atoms. The predicted molar refractivity (Wildman–Crippen MR) is 87.7 cm³/mol. The molecule has 2 nitrogen and oxygen atoms in total. The van der Waals surface area contributed by atoms with Crippen LogP contribution in [0.1, 0.15) is 19.8 Å². The van der Waals surface area contributed by atoms with Crippen LogP contribution < -0.4 is 5.32 Å². The molecule has 0 atom stereocenters. The average Bonchev–Trinajstić information content (AvgIpc) is 2.85. The number of halogens is 1. The van der Waals surface area contributed by atoms with Crippen molar-refractivity contribution < 1.29 is 0 Å². The van der Waals surface area contributed by atoms with E-state index in [2.05, 4.69) is 41.5 Å². The van der Waals surface area contributed by atoms with Crippen molar-refractivity contribution in [3.63, 3.8) is 0 Å². The summed E-state index contributed by atoms with van der Waals surface area (Å²) in [5.74, 6) is 2.32. The summed E-state index contributed by atoms with van der Waals surface area (Å²) in [6.07, 6.45) is 2.56. The summed E-state index contributed by atoms with van der Waals surface area (Å²) < 4.78 is 0. The third-order valence-electron chi connectivity index (χ3n) is 2.46. The molecule has 2 rings (SSSR count). The van der Waals surface area contributed by atoms with Crippen molar-refractivity contribution in [3.05, 3.63) is 24.3 Å². The minimum absolute atomic E-state index is 0. The van der Waals surface area contributed by atoms with Crippen LogP contribution in [0.25, 0.3) is 0 Å². The van der Waals surface area contributed by atoms with Gasteiger partial charge in [0.1, 0.15) is 0 Å². The molecular weight excluding hydrogens is 284 g/mol. The lowest BCUT2D eigenvalue weighted by Crippen LogP contribution is -2.04. The van der Waals surface area contributed by atoms with E-state index < -0.39 is 0 Å². The lowest BCUT2D eigenvalue weighted by molar-refractivity contribution is 0.896. The van der Waals surface area contributed by atoms with E-state index in [1.54, 1.807) is 11.8 Å². The SMILES string of the molecule is CCCCSc1ccc(NC2=NCCS2)cc1.Cl. The third kappa shape index (κ3) is 5.12. The molecule has 1 aromatic carbocycles. The Morgan fingerprint density at radius 2 is 2.11 bits per heavy atom. The summed E-state index contributed by atoms with van der Waals surface area (Å²) in [5.41, 5.74) is 1.14. The number of nitrogens with zero attached hydrogens (tertiary/aromatic N) is 1. The summed E-state index contributed by atoms with van der Waals surface area (Å²) in [4.78, 5) is 5.73. The van der Waals surface area contributed by atoms with Crippen LogP contribution >= 0.6 is 35.9 Å². The second kappa shape index (κ2) is 8.73. The summed E-state index contributed by atoms with van der Waals surface area (Å²) >= 11 is 3.73. The van der Waals surface area contributed by atoms with Gasteiger partial charge in [-0.1, -0.05) is 25.1 Å². The number of thioether (sulfide) groups is 2. The van der Waals surface area contributed by atoms with Gasteiger partial charge in [-0.25, -0.2) is 0 Å². The lowest BCUT2D eigenvalue weighted by atomic mass is 10.3. The van der Waals surface area contributed by atoms with E-state index in [-0.39, 0.29) is 12.4 Å². The van der Waals surface area contributed by atoms with Crippen molar-refractivity contribution in [2.75, 3.05) is 23.4 Å². The molecule has 1 N–H and O–H groups in total. The molecule has 0 saturated carbocycles. The van der Waals surface area contributed by atoms with Crippen LogP contribution in [0.4, 0.5) is 5.69 Å². The molecule has 1 heterocycles. The molecule has 1 aromatic rings. The van der Waals surface area contributed by atoms with Crippen molar-refractivity contribution in [3.8, 4) is 0 Å². The zero-order chi connectivity index (χ0) is 11.9. The first-order valence-electron chi connectivity index (χ1n) is 6.05. The number of anilines is 1. The predicted octanol–water partition coefficient (Wildman–Crippen LogP) is 4.52. The van der Waals surface area contributed by atoms with Crippen molar-refractivity contribution in [1.29, 1.82) is 0 Å². The standard InChI is InChI=1S/C13H18N2S2.ClH/c1-2-3-9-16-12-6-4-11(5-7-12)15-13-14-8-10-17-13;/h4-7H,2-3,8-10H2,1H3,(H,14,15);1H. The number of unbranched alkanes of at least 4 members (excludes halogenated alkanes) is 1. The van der Waals surface area contributed by atoms with Gasteiger partial charge in [0.2, 0.25) is 0 Å². The normalized spacial score (nSPS) is 13.9. The number of benzene rings is 1. The summed E-state index contributed by atoms with van der Waals surface area (Å²) in [7, 11) is 0. The van der Waals surface area contributed by atoms with E-state index in [0.29, 0.717) is 0 Å². The molecular formula is C13H19ClN2S2. The monoisotopic (exact) mass is 302 g/mol. The first-order valence-corrected chi connectivity index (χ1v) is 8.03. The number of hydrogen-bond acceptors (Lipinski definition) is 4. The Labute approximate surface area is 124 Å². The molecule has 5 heteroatoms. The Bertz CT molecular complexity index is 379. The van der Waals surface area contributed by atoms with Gasteiger partial charge < -0.3 is 5.32 Å². The van der Waals surface area contributed by atoms with Gasteiger partial charge in [0, 0.05) is 16.3 Å². The average molecular weight is 303 g/mol. The maximum atomic E-state index is 4.38. The second-order valence-corrected chi connectivity index (χ2v) is 6.14. The Kier molecular flexibility index (Phi) is 7.63. The first-order chi connectivity index (χ1) is 8.38. The maximum Gasteiger partial charge on any atom is 0.161 e. The Hall–Kier alpha value is -0.320. The first kappa shape index (κ1) is 15.7. The Morgan fingerprint density at radius 1 is 1.33 bits per heavy atom. The lowest BCUT2D eigenvalue weighted by Gasteiger charge is -2.06.